The summed E-state index contributed by atoms with van der Waals surface area (Å²) in [6, 6.07) is 4.64. The molecular formula is C19H32IN5O. The van der Waals surface area contributed by atoms with Crippen molar-refractivity contribution in [1.82, 2.24) is 15.6 Å². The van der Waals surface area contributed by atoms with Gasteiger partial charge in [0.1, 0.15) is 5.82 Å². The Bertz CT molecular complexity index is 552. The number of nitrogens with zero attached hydrogens (tertiary/aromatic N) is 3. The summed E-state index contributed by atoms with van der Waals surface area (Å²) in [7, 11) is 0. The van der Waals surface area contributed by atoms with Crippen molar-refractivity contribution in [2.45, 2.75) is 64.1 Å². The summed E-state index contributed by atoms with van der Waals surface area (Å²) in [5.41, 5.74) is 1.12. The van der Waals surface area contributed by atoms with Crippen LogP contribution in [-0.4, -0.2) is 47.8 Å². The molecule has 1 aliphatic heterocycles. The normalized spacial score (nSPS) is 23.5. The third kappa shape index (κ3) is 6.26. The van der Waals surface area contributed by atoms with Gasteiger partial charge in [0, 0.05) is 31.9 Å². The molecule has 6 nitrogen and oxygen atoms in total. The molecule has 1 saturated carbocycles. The van der Waals surface area contributed by atoms with E-state index < -0.39 is 0 Å². The molecule has 146 valence electrons. The maximum atomic E-state index is 9.63. The van der Waals surface area contributed by atoms with Crippen molar-refractivity contribution < 1.29 is 5.11 Å². The minimum Gasteiger partial charge on any atom is -0.393 e. The summed E-state index contributed by atoms with van der Waals surface area (Å²) in [6.07, 6.45) is 8.09. The average Bonchev–Trinajstić information content (AvgIpc) is 3.17. The van der Waals surface area contributed by atoms with Crippen LogP contribution in [0.25, 0.3) is 0 Å². The number of guanidine groups is 1. The van der Waals surface area contributed by atoms with Gasteiger partial charge >= 0.3 is 0 Å². The van der Waals surface area contributed by atoms with Crippen LogP contribution in [-0.2, 0) is 6.54 Å². The second-order valence-corrected chi connectivity index (χ2v) is 7.06. The Labute approximate surface area is 173 Å². The number of anilines is 1. The van der Waals surface area contributed by atoms with E-state index in [4.69, 9.17) is 4.99 Å². The van der Waals surface area contributed by atoms with Crippen LogP contribution in [0.2, 0.25) is 0 Å². The maximum Gasteiger partial charge on any atom is 0.191 e. The van der Waals surface area contributed by atoms with Gasteiger partial charge in [-0.05, 0) is 57.1 Å². The van der Waals surface area contributed by atoms with E-state index in [1.54, 1.807) is 0 Å². The second kappa shape index (κ2) is 10.9. The smallest absolute Gasteiger partial charge is 0.191 e. The lowest BCUT2D eigenvalue weighted by atomic mass is 9.93. The number of aliphatic imine (C=N–C) groups is 1. The van der Waals surface area contributed by atoms with Gasteiger partial charge in [0.2, 0.25) is 0 Å². The maximum absolute atomic E-state index is 9.63. The van der Waals surface area contributed by atoms with Crippen LogP contribution < -0.4 is 15.5 Å². The summed E-state index contributed by atoms with van der Waals surface area (Å²) in [5.74, 6) is 1.93. The van der Waals surface area contributed by atoms with Crippen molar-refractivity contribution in [2.75, 3.05) is 24.5 Å². The van der Waals surface area contributed by atoms with Crippen molar-refractivity contribution in [3.05, 3.63) is 23.9 Å². The topological polar surface area (TPSA) is 72.8 Å². The van der Waals surface area contributed by atoms with Crippen molar-refractivity contribution in [2.24, 2.45) is 4.99 Å². The van der Waals surface area contributed by atoms with E-state index >= 15 is 0 Å². The molecule has 2 heterocycles. The van der Waals surface area contributed by atoms with Gasteiger partial charge in [-0.2, -0.15) is 0 Å². The van der Waals surface area contributed by atoms with Gasteiger partial charge in [0.25, 0.3) is 0 Å². The zero-order valence-electron chi connectivity index (χ0n) is 15.7. The molecule has 26 heavy (non-hydrogen) atoms. The van der Waals surface area contributed by atoms with Crippen LogP contribution in [0, 0.1) is 0 Å². The van der Waals surface area contributed by atoms with Crippen molar-refractivity contribution >= 4 is 35.8 Å². The molecule has 0 radical (unpaired) electrons. The first-order valence-corrected chi connectivity index (χ1v) is 9.67. The lowest BCUT2D eigenvalue weighted by Gasteiger charge is -2.27. The largest absolute Gasteiger partial charge is 0.393 e. The van der Waals surface area contributed by atoms with Crippen LogP contribution in [0.1, 0.15) is 51.0 Å². The highest BCUT2D eigenvalue weighted by atomic mass is 127. The number of aliphatic hydroxyl groups excluding tert-OH is 1. The lowest BCUT2D eigenvalue weighted by Crippen LogP contribution is -2.45. The summed E-state index contributed by atoms with van der Waals surface area (Å²) in [4.78, 5) is 11.6. The molecule has 2 fully saturated rings. The molecule has 0 spiro atoms. The molecule has 7 heteroatoms. The quantitative estimate of drug-likeness (QED) is 0.349. The Morgan fingerprint density at radius 1 is 1.23 bits per heavy atom. The number of hydrogen-bond donors (Lipinski definition) is 3. The zero-order valence-corrected chi connectivity index (χ0v) is 18.0. The summed E-state index contributed by atoms with van der Waals surface area (Å²) >= 11 is 0. The fourth-order valence-corrected chi connectivity index (χ4v) is 3.55. The average molecular weight is 473 g/mol. The Morgan fingerprint density at radius 3 is 2.58 bits per heavy atom. The van der Waals surface area contributed by atoms with Gasteiger partial charge in [-0.3, -0.25) is 0 Å². The molecular weight excluding hydrogens is 441 g/mol. The monoisotopic (exact) mass is 473 g/mol. The molecule has 3 N–H and O–H groups in total. The fraction of sp³-hybridized carbons (Fsp3) is 0.684. The summed E-state index contributed by atoms with van der Waals surface area (Å²) < 4.78 is 0. The predicted octanol–water partition coefficient (Wildman–Crippen LogP) is 2.66. The molecule has 0 bridgehead atoms. The first kappa shape index (κ1) is 21.2. The van der Waals surface area contributed by atoms with E-state index in [9.17, 15) is 5.11 Å². The Balaban J connectivity index is 0.00000243. The minimum atomic E-state index is -0.127. The van der Waals surface area contributed by atoms with Gasteiger partial charge in [0.15, 0.2) is 5.96 Å². The number of halogens is 1. The van der Waals surface area contributed by atoms with Crippen LogP contribution in [0.4, 0.5) is 5.82 Å². The molecule has 1 saturated heterocycles. The standard InChI is InChI=1S/C19H31N5O.HI/c1-2-20-19(23-16-6-8-17(25)9-7-16)22-14-15-5-10-18(21-13-15)24-11-3-4-12-24;/h5,10,13,16-17,25H,2-4,6-9,11-12,14H2,1H3,(H2,20,22,23);1H. The van der Waals surface area contributed by atoms with Crippen LogP contribution in [0.5, 0.6) is 0 Å². The lowest BCUT2D eigenvalue weighted by molar-refractivity contribution is 0.120. The number of hydrogen-bond acceptors (Lipinski definition) is 4. The molecule has 1 aliphatic carbocycles. The van der Waals surface area contributed by atoms with E-state index in [1.807, 2.05) is 6.20 Å². The molecule has 0 atom stereocenters. The van der Waals surface area contributed by atoms with E-state index in [-0.39, 0.29) is 30.1 Å². The second-order valence-electron chi connectivity index (χ2n) is 7.06. The van der Waals surface area contributed by atoms with E-state index in [0.717, 1.165) is 62.7 Å². The summed E-state index contributed by atoms with van der Waals surface area (Å²) in [5, 5.41) is 16.5. The molecule has 0 unspecified atom stereocenters. The highest BCUT2D eigenvalue weighted by molar-refractivity contribution is 14.0. The first-order valence-electron chi connectivity index (χ1n) is 9.67. The Morgan fingerprint density at radius 2 is 1.96 bits per heavy atom. The third-order valence-corrected chi connectivity index (χ3v) is 5.04. The van der Waals surface area contributed by atoms with Gasteiger partial charge in [-0.15, -0.1) is 24.0 Å². The van der Waals surface area contributed by atoms with E-state index in [1.165, 1.54) is 12.8 Å². The number of nitrogens with one attached hydrogen (secondary N) is 2. The molecule has 3 rings (SSSR count). The number of pyridine rings is 1. The molecule has 2 aliphatic rings. The number of rotatable bonds is 5. The zero-order chi connectivity index (χ0) is 17.5. The van der Waals surface area contributed by atoms with E-state index in [0.29, 0.717) is 12.6 Å². The third-order valence-electron chi connectivity index (χ3n) is 5.04. The van der Waals surface area contributed by atoms with Gasteiger partial charge in [-0.25, -0.2) is 9.98 Å². The van der Waals surface area contributed by atoms with Crippen molar-refractivity contribution in [3.8, 4) is 0 Å². The summed E-state index contributed by atoms with van der Waals surface area (Å²) in [6.45, 7) is 5.78. The highest BCUT2D eigenvalue weighted by Crippen LogP contribution is 2.19. The molecule has 1 aromatic rings. The SMILES string of the molecule is CCNC(=NCc1ccc(N2CCCC2)nc1)NC1CCC(O)CC1.I. The number of aromatic nitrogens is 1. The van der Waals surface area contributed by atoms with Gasteiger partial charge in [-0.1, -0.05) is 6.07 Å². The van der Waals surface area contributed by atoms with Crippen molar-refractivity contribution in [1.29, 1.82) is 0 Å². The minimum absolute atomic E-state index is 0. The van der Waals surface area contributed by atoms with Crippen LogP contribution in [0.3, 0.4) is 0 Å². The Kier molecular flexibility index (Phi) is 8.90. The number of aliphatic hydroxyl groups is 1. The first-order chi connectivity index (χ1) is 12.2. The van der Waals surface area contributed by atoms with Gasteiger partial charge < -0.3 is 20.6 Å². The highest BCUT2D eigenvalue weighted by Gasteiger charge is 2.20. The fourth-order valence-electron chi connectivity index (χ4n) is 3.55. The van der Waals surface area contributed by atoms with Crippen molar-refractivity contribution in [3.63, 3.8) is 0 Å². The molecule has 0 amide bonds. The van der Waals surface area contributed by atoms with Crippen LogP contribution >= 0.6 is 24.0 Å². The Hall–Kier alpha value is -1.09. The van der Waals surface area contributed by atoms with Gasteiger partial charge in [0.05, 0.1) is 12.6 Å². The van der Waals surface area contributed by atoms with E-state index in [2.05, 4.69) is 39.6 Å². The van der Waals surface area contributed by atoms with Crippen LogP contribution in [0.15, 0.2) is 23.3 Å². The molecule has 0 aromatic carbocycles. The molecule has 1 aromatic heterocycles. The predicted molar refractivity (Wildman–Crippen MR) is 117 cm³/mol.